The van der Waals surface area contributed by atoms with Crippen LogP contribution >= 0.6 is 11.6 Å². The Kier molecular flexibility index (Phi) is 38.0. The van der Waals surface area contributed by atoms with Gasteiger partial charge in [-0.3, -0.25) is 9.18 Å². The molecular formula is C46H62ClFK2N8O13. The predicted octanol–water partition coefficient (Wildman–Crippen LogP) is -0.627. The van der Waals surface area contributed by atoms with Crippen LogP contribution in [0.5, 0.6) is 34.5 Å². The molecule has 2 aromatic heterocycles. The fourth-order valence-corrected chi connectivity index (χ4v) is 5.49. The standard InChI is InChI=1S/C22H28N4O5.C18H19N3O5.C4H10ClN.CH3F.CH2O3.2K.H/c1-25(2)11-12-29-19-8-6-18(7-9-19)26-14-20(23-24-26)17-5-10-21(30-15-27-3)22(13-17)31-16-28-4;1-23-11-25-17-8-3-13(9-18(17)26-12-24-2)16-10-21(20-19-16)14-4-6-15(22)7-5-14;1-6(2)4-3-5;1-2;2-1-4-3;;;/h5-10,13-14H,11-12,15-16H2,1-4H3;3-10,22H,11-12H2,1-2H3;3-4H2,1-2H3;1H3;1,3H;;;/q;;;;;2*+1;-1/p-1/i;;;1D;;;;. The van der Waals surface area contributed by atoms with E-state index in [4.69, 9.17) is 65.7 Å². The summed E-state index contributed by atoms with van der Waals surface area (Å²) < 4.78 is 66.7. The normalized spacial score (nSPS) is 10.1. The molecule has 1 N–H and O–H groups in total. The van der Waals surface area contributed by atoms with Crippen LogP contribution in [0.4, 0.5) is 4.39 Å². The predicted molar refractivity (Wildman–Crippen MR) is 254 cm³/mol. The van der Waals surface area contributed by atoms with Gasteiger partial charge in [0.15, 0.2) is 50.2 Å². The molecule has 0 saturated carbocycles. The van der Waals surface area contributed by atoms with Crippen molar-refractivity contribution >= 4 is 18.1 Å². The topological polar surface area (TPSA) is 221 Å². The summed E-state index contributed by atoms with van der Waals surface area (Å²) in [7, 11) is 13.2. The van der Waals surface area contributed by atoms with E-state index in [9.17, 15) is 9.50 Å². The van der Waals surface area contributed by atoms with E-state index in [-0.39, 0.29) is 144 Å². The Morgan fingerprint density at radius 2 is 1.04 bits per heavy atom. The zero-order valence-corrected chi connectivity index (χ0v) is 48.9. The second-order valence-corrected chi connectivity index (χ2v) is 14.3. The van der Waals surface area contributed by atoms with E-state index in [0.717, 1.165) is 47.2 Å². The van der Waals surface area contributed by atoms with Gasteiger partial charge >= 0.3 is 103 Å². The van der Waals surface area contributed by atoms with E-state index in [1.54, 1.807) is 86.5 Å². The van der Waals surface area contributed by atoms with Gasteiger partial charge in [-0.2, -0.15) is 0 Å². The zero-order chi connectivity index (χ0) is 51.5. The van der Waals surface area contributed by atoms with Crippen LogP contribution in [0.15, 0.2) is 97.3 Å². The molecule has 6 aromatic rings. The SMILES string of the molecule is CN(C)CCCl.COCOc1ccc(-c2cn(-c3ccc(O)cc3)nn2)cc1OCOC.COCOc1ccc(-c2cn(-c3ccc(OCCN(C)C)cc3)nn2)cc1OCOC.O=CO[O-].[2H]CF.[H-].[K+].[K+]. The van der Waals surface area contributed by atoms with Crippen LogP contribution in [0.2, 0.25) is 0 Å². The summed E-state index contributed by atoms with van der Waals surface area (Å²) in [5.41, 5.74) is 4.69. The molecule has 0 aliphatic carbocycles. The van der Waals surface area contributed by atoms with E-state index >= 15 is 0 Å². The second-order valence-electron chi connectivity index (χ2n) is 14.0. The van der Waals surface area contributed by atoms with Crippen LogP contribution in [0, 0.1) is 0 Å². The van der Waals surface area contributed by atoms with Gasteiger partial charge in [-0.1, -0.05) is 10.4 Å². The van der Waals surface area contributed by atoms with Crippen molar-refractivity contribution in [1.82, 2.24) is 39.8 Å². The summed E-state index contributed by atoms with van der Waals surface area (Å²) in [5, 5.41) is 34.7. The Morgan fingerprint density at radius 3 is 1.38 bits per heavy atom. The van der Waals surface area contributed by atoms with Gasteiger partial charge in [-0.25, -0.2) is 9.36 Å². The van der Waals surface area contributed by atoms with Crippen LogP contribution in [0.1, 0.15) is 2.80 Å². The monoisotopic (exact) mass is 1070 g/mol. The van der Waals surface area contributed by atoms with Gasteiger partial charge in [0, 0.05) is 58.5 Å². The van der Waals surface area contributed by atoms with Crippen molar-refractivity contribution < 1.29 is 173 Å². The van der Waals surface area contributed by atoms with Crippen molar-refractivity contribution in [1.29, 1.82) is 0 Å². The third kappa shape index (κ3) is 26.4. The molecule has 0 fully saturated rings. The third-order valence-corrected chi connectivity index (χ3v) is 8.56. The molecule has 0 aliphatic heterocycles. The molecular weight excluding hydrogens is 1010 g/mol. The molecule has 21 nitrogen and oxygen atoms in total. The molecule has 0 radical (unpaired) electrons. The van der Waals surface area contributed by atoms with E-state index < -0.39 is 7.15 Å². The molecule has 380 valence electrons. The molecule has 4 aromatic carbocycles. The van der Waals surface area contributed by atoms with Gasteiger partial charge in [-0.05, 0) is 113 Å². The van der Waals surface area contributed by atoms with Crippen molar-refractivity contribution in [2.45, 2.75) is 0 Å². The molecule has 6 rings (SSSR count). The van der Waals surface area contributed by atoms with Crippen LogP contribution in [0.25, 0.3) is 33.9 Å². The summed E-state index contributed by atoms with van der Waals surface area (Å²) in [6.07, 6.45) is 3.64. The maximum Gasteiger partial charge on any atom is 1.00 e. The number of aromatic nitrogens is 6. The Bertz CT molecular complexity index is 2320. The average molecular weight is 1070 g/mol. The Morgan fingerprint density at radius 1 is 0.662 bits per heavy atom. The number of aromatic hydroxyl groups is 1. The first-order valence-electron chi connectivity index (χ1n) is 21.2. The number of methoxy groups -OCH3 is 4. The van der Waals surface area contributed by atoms with Crippen LogP contribution < -0.4 is 132 Å². The Labute approximate surface area is 506 Å². The maximum atomic E-state index is 9.96. The molecule has 71 heavy (non-hydrogen) atoms. The molecule has 2 heterocycles. The number of nitrogens with zero attached hydrogens (tertiary/aromatic N) is 8. The second kappa shape index (κ2) is 41.0. The number of phenolic OH excluding ortho intramolecular Hbond substituents is 1. The fourth-order valence-electron chi connectivity index (χ4n) is 5.15. The molecule has 0 saturated heterocycles. The van der Waals surface area contributed by atoms with Gasteiger partial charge in [0.25, 0.3) is 6.47 Å². The minimum absolute atomic E-state index is 0. The first kappa shape index (κ1) is 65.7. The zero-order valence-electron chi connectivity index (χ0n) is 43.9. The number of alkyl halides is 2. The fraction of sp³-hybridized carbons (Fsp3) is 0.370. The van der Waals surface area contributed by atoms with E-state index in [0.29, 0.717) is 41.0 Å². The first-order chi connectivity index (χ1) is 33.9. The Hall–Kier alpha value is -3.36. The number of carbonyl (C=O) groups excluding carboxylic acids is 1. The largest absolute Gasteiger partial charge is 1.00 e. The van der Waals surface area contributed by atoms with Crippen molar-refractivity contribution in [2.75, 3.05) is 117 Å². The minimum Gasteiger partial charge on any atom is -1.00 e. The Balaban J connectivity index is 0. The summed E-state index contributed by atoms with van der Waals surface area (Å²) in [4.78, 5) is 15.4. The van der Waals surface area contributed by atoms with Crippen molar-refractivity contribution in [3.8, 4) is 68.4 Å². The summed E-state index contributed by atoms with van der Waals surface area (Å²) in [5.74, 6) is 3.88. The smallest absolute Gasteiger partial charge is 1.00 e. The molecule has 0 atom stereocenters. The van der Waals surface area contributed by atoms with E-state index in [1.807, 2.05) is 81.8 Å². The number of halogens is 2. The molecule has 0 unspecified atom stereocenters. The molecule has 0 amide bonds. The third-order valence-electron chi connectivity index (χ3n) is 8.39. The number of carbonyl (C=O) groups is 1. The number of benzene rings is 4. The van der Waals surface area contributed by atoms with Crippen LogP contribution in [-0.4, -0.2) is 168 Å². The number of hydrogen-bond acceptors (Lipinski definition) is 19. The molecule has 0 spiro atoms. The molecule has 0 bridgehead atoms. The summed E-state index contributed by atoms with van der Waals surface area (Å²) in [6, 6.07) is 25.4. The number of ether oxygens (including phenoxy) is 9. The quantitative estimate of drug-likeness (QED) is 0.0211. The van der Waals surface area contributed by atoms with Gasteiger partial charge < -0.3 is 69.1 Å². The molecule has 25 heteroatoms. The summed E-state index contributed by atoms with van der Waals surface area (Å²) in [6.45, 7) is 2.71. The van der Waals surface area contributed by atoms with Gasteiger partial charge in [0.1, 0.15) is 29.5 Å². The van der Waals surface area contributed by atoms with Crippen molar-refractivity contribution in [3.05, 3.63) is 97.3 Å². The number of hydrogen-bond donors (Lipinski definition) is 1. The van der Waals surface area contributed by atoms with Crippen molar-refractivity contribution in [2.24, 2.45) is 0 Å². The first-order valence-corrected chi connectivity index (χ1v) is 21.0. The van der Waals surface area contributed by atoms with Gasteiger partial charge in [0.2, 0.25) is 0 Å². The molecule has 0 aliphatic rings. The van der Waals surface area contributed by atoms with E-state index in [2.05, 4.69) is 30.4 Å². The average Bonchev–Trinajstić information content (AvgIpc) is 4.07. The van der Waals surface area contributed by atoms with Crippen LogP contribution in [0.3, 0.4) is 0 Å². The van der Waals surface area contributed by atoms with Crippen molar-refractivity contribution in [3.63, 3.8) is 0 Å². The van der Waals surface area contributed by atoms with Gasteiger partial charge in [0.05, 0.1) is 32.3 Å². The van der Waals surface area contributed by atoms with E-state index in [1.165, 1.54) is 0 Å². The summed E-state index contributed by atoms with van der Waals surface area (Å²) >= 11 is 5.35. The maximum absolute atomic E-state index is 9.96. The number of likely N-dealkylation sites (N-methyl/N-ethyl adjacent to an activating group) is 1. The van der Waals surface area contributed by atoms with Crippen LogP contribution in [-0.2, 0) is 28.6 Å². The minimum atomic E-state index is -1.00. The number of rotatable bonds is 23. The number of phenols is 1. The van der Waals surface area contributed by atoms with Gasteiger partial charge in [-0.15, -0.1) is 21.8 Å².